The Morgan fingerprint density at radius 2 is 2.08 bits per heavy atom. The first-order valence-corrected chi connectivity index (χ1v) is 9.04. The number of halogens is 1. The largest absolute Gasteiger partial charge is 0.303 e. The first-order valence-electron chi connectivity index (χ1n) is 7.84. The standard InChI is InChI=1S/C18H14ClN3O2S/c19-12-6-7-15-13(9-12)20-18(25-15)21-16(23)10-22-14-4-2-1-3-11(14)5-8-17(22)24/h1-4,6-7,9H,5,8,10H2,(H,20,21,23). The lowest BCUT2D eigenvalue weighted by molar-refractivity contribution is -0.121. The number of benzene rings is 2. The molecule has 1 aliphatic heterocycles. The van der Waals surface area contributed by atoms with Crippen molar-refractivity contribution in [1.82, 2.24) is 4.98 Å². The van der Waals surface area contributed by atoms with E-state index < -0.39 is 0 Å². The Balaban J connectivity index is 1.52. The van der Waals surface area contributed by atoms with Crippen LogP contribution in [0.2, 0.25) is 5.02 Å². The monoisotopic (exact) mass is 371 g/mol. The summed E-state index contributed by atoms with van der Waals surface area (Å²) < 4.78 is 0.944. The van der Waals surface area contributed by atoms with Crippen molar-refractivity contribution in [2.75, 3.05) is 16.8 Å². The molecule has 0 radical (unpaired) electrons. The number of hydrogen-bond acceptors (Lipinski definition) is 4. The Morgan fingerprint density at radius 3 is 2.96 bits per heavy atom. The quantitative estimate of drug-likeness (QED) is 0.760. The minimum absolute atomic E-state index is 0.0213. The molecule has 5 nitrogen and oxygen atoms in total. The van der Waals surface area contributed by atoms with Crippen LogP contribution < -0.4 is 10.2 Å². The number of nitrogens with zero attached hydrogens (tertiary/aromatic N) is 2. The number of anilines is 2. The molecule has 2 amide bonds. The van der Waals surface area contributed by atoms with Gasteiger partial charge in [0.1, 0.15) is 6.54 Å². The van der Waals surface area contributed by atoms with E-state index in [1.54, 1.807) is 17.0 Å². The van der Waals surface area contributed by atoms with Crippen LogP contribution in [0.5, 0.6) is 0 Å². The van der Waals surface area contributed by atoms with Gasteiger partial charge in [0.2, 0.25) is 11.8 Å². The number of carbonyl (C=O) groups is 2. The third-order valence-electron chi connectivity index (χ3n) is 4.09. The fourth-order valence-corrected chi connectivity index (χ4v) is 3.95. The molecule has 0 bridgehead atoms. The molecule has 2 heterocycles. The summed E-state index contributed by atoms with van der Waals surface area (Å²) in [6.07, 6.45) is 1.13. The number of thiazole rings is 1. The molecule has 0 fully saturated rings. The highest BCUT2D eigenvalue weighted by atomic mass is 35.5. The van der Waals surface area contributed by atoms with E-state index in [4.69, 9.17) is 11.6 Å². The Labute approximate surface area is 153 Å². The van der Waals surface area contributed by atoms with E-state index in [9.17, 15) is 9.59 Å². The molecule has 4 rings (SSSR count). The van der Waals surface area contributed by atoms with E-state index in [1.165, 1.54) is 11.3 Å². The number of para-hydroxylation sites is 1. The fraction of sp³-hybridized carbons (Fsp3) is 0.167. The zero-order chi connectivity index (χ0) is 17.4. The van der Waals surface area contributed by atoms with Crippen LogP contribution in [0.25, 0.3) is 10.2 Å². The van der Waals surface area contributed by atoms with Crippen LogP contribution in [0.15, 0.2) is 42.5 Å². The molecule has 0 saturated carbocycles. The van der Waals surface area contributed by atoms with Crippen LogP contribution >= 0.6 is 22.9 Å². The van der Waals surface area contributed by atoms with Gasteiger partial charge in [-0.25, -0.2) is 4.98 Å². The highest BCUT2D eigenvalue weighted by Gasteiger charge is 2.25. The first-order chi connectivity index (χ1) is 12.1. The number of fused-ring (bicyclic) bond motifs is 2. The summed E-state index contributed by atoms with van der Waals surface area (Å²) in [5, 5.41) is 3.88. The smallest absolute Gasteiger partial charge is 0.246 e. The molecule has 7 heteroatoms. The molecule has 0 unspecified atom stereocenters. The molecule has 1 N–H and O–H groups in total. The van der Waals surface area contributed by atoms with Crippen molar-refractivity contribution in [3.8, 4) is 0 Å². The van der Waals surface area contributed by atoms with Crippen molar-refractivity contribution < 1.29 is 9.59 Å². The lowest BCUT2D eigenvalue weighted by Gasteiger charge is -2.28. The third kappa shape index (κ3) is 3.23. The number of hydrogen-bond donors (Lipinski definition) is 1. The van der Waals surface area contributed by atoms with Crippen LogP contribution in [-0.2, 0) is 16.0 Å². The van der Waals surface area contributed by atoms with Crippen LogP contribution in [0, 0.1) is 0 Å². The van der Waals surface area contributed by atoms with Gasteiger partial charge < -0.3 is 10.2 Å². The van der Waals surface area contributed by atoms with Crippen molar-refractivity contribution in [2.24, 2.45) is 0 Å². The molecule has 2 aromatic carbocycles. The van der Waals surface area contributed by atoms with Crippen molar-refractivity contribution in [3.05, 3.63) is 53.1 Å². The molecule has 0 spiro atoms. The van der Waals surface area contributed by atoms with Crippen LogP contribution in [-0.4, -0.2) is 23.3 Å². The van der Waals surface area contributed by atoms with Crippen molar-refractivity contribution in [3.63, 3.8) is 0 Å². The Bertz CT molecular complexity index is 985. The number of carbonyl (C=O) groups excluding carboxylic acids is 2. The van der Waals surface area contributed by atoms with Gasteiger partial charge in [-0.2, -0.15) is 0 Å². The van der Waals surface area contributed by atoms with Crippen molar-refractivity contribution >= 4 is 55.8 Å². The molecular formula is C18H14ClN3O2S. The average Bonchev–Trinajstić information content (AvgIpc) is 2.98. The highest BCUT2D eigenvalue weighted by Crippen LogP contribution is 2.29. The highest BCUT2D eigenvalue weighted by molar-refractivity contribution is 7.22. The minimum atomic E-state index is -0.268. The van der Waals surface area contributed by atoms with E-state index in [-0.39, 0.29) is 18.4 Å². The topological polar surface area (TPSA) is 62.3 Å². The number of rotatable bonds is 3. The lowest BCUT2D eigenvalue weighted by Crippen LogP contribution is -2.40. The summed E-state index contributed by atoms with van der Waals surface area (Å²) >= 11 is 7.34. The molecule has 0 aliphatic carbocycles. The summed E-state index contributed by atoms with van der Waals surface area (Å²) in [5.41, 5.74) is 2.64. The minimum Gasteiger partial charge on any atom is -0.303 e. The molecular weight excluding hydrogens is 358 g/mol. The Morgan fingerprint density at radius 1 is 1.24 bits per heavy atom. The molecule has 1 aliphatic rings. The van der Waals surface area contributed by atoms with Crippen LogP contribution in [0.3, 0.4) is 0 Å². The van der Waals surface area contributed by atoms with Gasteiger partial charge in [0.05, 0.1) is 10.2 Å². The predicted molar refractivity (Wildman–Crippen MR) is 100 cm³/mol. The maximum absolute atomic E-state index is 12.4. The van der Waals surface area contributed by atoms with Gasteiger partial charge >= 0.3 is 0 Å². The van der Waals surface area contributed by atoms with E-state index in [0.29, 0.717) is 23.0 Å². The van der Waals surface area contributed by atoms with Gasteiger partial charge in [0, 0.05) is 17.1 Å². The number of nitrogens with one attached hydrogen (secondary N) is 1. The zero-order valence-corrected chi connectivity index (χ0v) is 14.7. The SMILES string of the molecule is O=C(CN1C(=O)CCc2ccccc21)Nc1nc2cc(Cl)ccc2s1. The first kappa shape index (κ1) is 16.1. The maximum Gasteiger partial charge on any atom is 0.246 e. The summed E-state index contributed by atoms with van der Waals surface area (Å²) in [5.74, 6) is -0.305. The molecule has 25 heavy (non-hydrogen) atoms. The summed E-state index contributed by atoms with van der Waals surface area (Å²) in [6, 6.07) is 13.1. The van der Waals surface area contributed by atoms with Crippen LogP contribution in [0.4, 0.5) is 10.8 Å². The second-order valence-electron chi connectivity index (χ2n) is 5.79. The van der Waals surface area contributed by atoms with Gasteiger partial charge in [-0.1, -0.05) is 41.1 Å². The molecule has 1 aromatic heterocycles. The van der Waals surface area contributed by atoms with Gasteiger partial charge in [-0.15, -0.1) is 0 Å². The van der Waals surface area contributed by atoms with Gasteiger partial charge in [0.15, 0.2) is 5.13 Å². The fourth-order valence-electron chi connectivity index (χ4n) is 2.93. The van der Waals surface area contributed by atoms with Gasteiger partial charge in [-0.3, -0.25) is 9.59 Å². The Hall–Kier alpha value is -2.44. The third-order valence-corrected chi connectivity index (χ3v) is 5.28. The number of amides is 2. The predicted octanol–water partition coefficient (Wildman–Crippen LogP) is 3.87. The summed E-state index contributed by atoms with van der Waals surface area (Å²) in [4.78, 5) is 30.6. The van der Waals surface area contributed by atoms with Crippen molar-refractivity contribution in [1.29, 1.82) is 0 Å². The van der Waals surface area contributed by atoms with Gasteiger partial charge in [-0.05, 0) is 36.2 Å². The number of aryl methyl sites for hydroxylation is 1. The maximum atomic E-state index is 12.4. The van der Waals surface area contributed by atoms with Gasteiger partial charge in [0.25, 0.3) is 0 Å². The van der Waals surface area contributed by atoms with E-state index in [0.717, 1.165) is 21.5 Å². The normalized spacial score (nSPS) is 13.8. The van der Waals surface area contributed by atoms with Crippen LogP contribution in [0.1, 0.15) is 12.0 Å². The second-order valence-corrected chi connectivity index (χ2v) is 7.25. The molecule has 126 valence electrons. The van der Waals surface area contributed by atoms with E-state index in [1.807, 2.05) is 30.3 Å². The average molecular weight is 372 g/mol. The lowest BCUT2D eigenvalue weighted by atomic mass is 10.0. The zero-order valence-electron chi connectivity index (χ0n) is 13.2. The van der Waals surface area contributed by atoms with Crippen molar-refractivity contribution in [2.45, 2.75) is 12.8 Å². The summed E-state index contributed by atoms with van der Waals surface area (Å²) in [7, 11) is 0. The molecule has 3 aromatic rings. The summed E-state index contributed by atoms with van der Waals surface area (Å²) in [6.45, 7) is -0.0213. The van der Waals surface area contributed by atoms with E-state index in [2.05, 4.69) is 10.3 Å². The molecule has 0 saturated heterocycles. The Kier molecular flexibility index (Phi) is 4.15. The van der Waals surface area contributed by atoms with E-state index >= 15 is 0 Å². The molecule has 0 atom stereocenters. The second kappa shape index (κ2) is 6.46. The number of aromatic nitrogens is 1.